The molecular weight excluding hydrogens is 360 g/mol. The molecule has 0 saturated carbocycles. The first-order valence-corrected chi connectivity index (χ1v) is 7.91. The molecule has 23 heavy (non-hydrogen) atoms. The fraction of sp³-hybridized carbons (Fsp3) is 0.176. The maximum absolute atomic E-state index is 12.6. The summed E-state index contributed by atoms with van der Waals surface area (Å²) in [6.07, 6.45) is 0.136. The van der Waals surface area contributed by atoms with Crippen LogP contribution in [0.3, 0.4) is 0 Å². The average Bonchev–Trinajstić information content (AvgIpc) is 2.82. The number of hydrogen-bond acceptors (Lipinski definition) is 4. The van der Waals surface area contributed by atoms with Crippen molar-refractivity contribution < 1.29 is 14.3 Å². The van der Waals surface area contributed by atoms with Crippen molar-refractivity contribution in [2.45, 2.75) is 12.5 Å². The number of imide groups is 1. The molecule has 0 aromatic heterocycles. The number of amides is 2. The van der Waals surface area contributed by atoms with Crippen LogP contribution in [0.1, 0.15) is 6.42 Å². The van der Waals surface area contributed by atoms with E-state index < -0.39 is 6.04 Å². The molecule has 1 atom stereocenters. The number of rotatable bonds is 4. The summed E-state index contributed by atoms with van der Waals surface area (Å²) in [6.45, 7) is 0. The number of benzene rings is 2. The van der Waals surface area contributed by atoms with E-state index in [0.29, 0.717) is 5.69 Å². The molecule has 0 unspecified atom stereocenters. The molecule has 1 heterocycles. The molecule has 2 aromatic carbocycles. The lowest BCUT2D eigenvalue weighted by Crippen LogP contribution is -2.34. The van der Waals surface area contributed by atoms with Gasteiger partial charge in [-0.05, 0) is 42.5 Å². The molecule has 1 fully saturated rings. The van der Waals surface area contributed by atoms with E-state index in [1.54, 1.807) is 37.4 Å². The third-order valence-electron chi connectivity index (χ3n) is 3.64. The van der Waals surface area contributed by atoms with Gasteiger partial charge in [0.25, 0.3) is 5.91 Å². The van der Waals surface area contributed by atoms with Crippen LogP contribution in [0.15, 0.2) is 53.0 Å². The van der Waals surface area contributed by atoms with E-state index in [1.165, 1.54) is 4.90 Å². The molecule has 3 rings (SSSR count). The van der Waals surface area contributed by atoms with Gasteiger partial charge >= 0.3 is 0 Å². The minimum absolute atomic E-state index is 0.136. The van der Waals surface area contributed by atoms with Crippen LogP contribution in [0.5, 0.6) is 5.75 Å². The van der Waals surface area contributed by atoms with Crippen molar-refractivity contribution in [1.82, 2.24) is 0 Å². The average molecular weight is 375 g/mol. The van der Waals surface area contributed by atoms with Gasteiger partial charge in [-0.2, -0.15) is 0 Å². The Balaban J connectivity index is 1.78. The van der Waals surface area contributed by atoms with Gasteiger partial charge in [-0.25, -0.2) is 4.90 Å². The van der Waals surface area contributed by atoms with Crippen molar-refractivity contribution in [3.63, 3.8) is 0 Å². The van der Waals surface area contributed by atoms with Crippen LogP contribution >= 0.6 is 15.9 Å². The summed E-state index contributed by atoms with van der Waals surface area (Å²) in [4.78, 5) is 26.0. The number of hydrogen-bond donors (Lipinski definition) is 1. The van der Waals surface area contributed by atoms with Gasteiger partial charge in [0.15, 0.2) is 0 Å². The van der Waals surface area contributed by atoms with Gasteiger partial charge in [-0.3, -0.25) is 9.59 Å². The van der Waals surface area contributed by atoms with Crippen molar-refractivity contribution in [2.75, 3.05) is 17.3 Å². The summed E-state index contributed by atoms with van der Waals surface area (Å²) < 4.78 is 5.92. The number of methoxy groups -OCH3 is 1. The quantitative estimate of drug-likeness (QED) is 0.834. The second-order valence-corrected chi connectivity index (χ2v) is 6.09. The topological polar surface area (TPSA) is 58.6 Å². The molecule has 1 aliphatic heterocycles. The Morgan fingerprint density at radius 1 is 1.17 bits per heavy atom. The zero-order chi connectivity index (χ0) is 16.4. The van der Waals surface area contributed by atoms with E-state index in [-0.39, 0.29) is 18.2 Å². The van der Waals surface area contributed by atoms with Gasteiger partial charge in [0, 0.05) is 10.2 Å². The van der Waals surface area contributed by atoms with E-state index in [1.807, 2.05) is 18.2 Å². The van der Waals surface area contributed by atoms with Gasteiger partial charge in [0.05, 0.1) is 19.2 Å². The monoisotopic (exact) mass is 374 g/mol. The summed E-state index contributed by atoms with van der Waals surface area (Å²) in [5.41, 5.74) is 1.35. The normalized spacial score (nSPS) is 17.5. The van der Waals surface area contributed by atoms with E-state index in [4.69, 9.17) is 4.74 Å². The summed E-state index contributed by atoms with van der Waals surface area (Å²) in [6, 6.07) is 13.8. The van der Waals surface area contributed by atoms with E-state index in [9.17, 15) is 9.59 Å². The maximum Gasteiger partial charge on any atom is 0.256 e. The smallest absolute Gasteiger partial charge is 0.256 e. The molecule has 0 spiro atoms. The van der Waals surface area contributed by atoms with Crippen molar-refractivity contribution in [3.05, 3.63) is 53.0 Å². The lowest BCUT2D eigenvalue weighted by atomic mass is 10.2. The summed E-state index contributed by atoms with van der Waals surface area (Å²) in [5.74, 6) is 0.281. The third-order valence-corrected chi connectivity index (χ3v) is 4.14. The molecule has 2 aromatic rings. The molecule has 118 valence electrons. The number of anilines is 2. The largest absolute Gasteiger partial charge is 0.497 e. The summed E-state index contributed by atoms with van der Waals surface area (Å²) in [5, 5.41) is 3.11. The molecule has 0 radical (unpaired) electrons. The lowest BCUT2D eigenvalue weighted by Gasteiger charge is -2.16. The Labute approximate surface area is 142 Å². The minimum atomic E-state index is -0.560. The first-order chi connectivity index (χ1) is 11.1. The number of nitrogens with one attached hydrogen (secondary N) is 1. The van der Waals surface area contributed by atoms with Crippen molar-refractivity contribution in [3.8, 4) is 5.75 Å². The molecule has 6 heteroatoms. The Morgan fingerprint density at radius 2 is 1.91 bits per heavy atom. The van der Waals surface area contributed by atoms with Gasteiger partial charge in [-0.1, -0.05) is 22.0 Å². The SMILES string of the molecule is COc1ccc(N[C@H]2CC(=O)N(c3cccc(Br)c3)C2=O)cc1. The zero-order valence-corrected chi connectivity index (χ0v) is 14.0. The highest BCUT2D eigenvalue weighted by Crippen LogP contribution is 2.27. The van der Waals surface area contributed by atoms with Gasteiger partial charge in [-0.15, -0.1) is 0 Å². The summed E-state index contributed by atoms with van der Waals surface area (Å²) >= 11 is 3.35. The number of halogens is 1. The van der Waals surface area contributed by atoms with Crippen LogP contribution < -0.4 is 15.0 Å². The summed E-state index contributed by atoms with van der Waals surface area (Å²) in [7, 11) is 1.59. The van der Waals surface area contributed by atoms with Crippen LogP contribution in [-0.4, -0.2) is 25.0 Å². The van der Waals surface area contributed by atoms with Crippen LogP contribution in [-0.2, 0) is 9.59 Å². The zero-order valence-electron chi connectivity index (χ0n) is 12.5. The Morgan fingerprint density at radius 3 is 2.57 bits per heavy atom. The molecule has 0 aliphatic carbocycles. The molecule has 5 nitrogen and oxygen atoms in total. The van der Waals surface area contributed by atoms with Crippen LogP contribution in [0.2, 0.25) is 0 Å². The van der Waals surface area contributed by atoms with Crippen molar-refractivity contribution in [1.29, 1.82) is 0 Å². The molecule has 2 amide bonds. The first kappa shape index (κ1) is 15.6. The third kappa shape index (κ3) is 3.22. The second-order valence-electron chi connectivity index (χ2n) is 5.18. The van der Waals surface area contributed by atoms with Crippen molar-refractivity contribution in [2.24, 2.45) is 0 Å². The second kappa shape index (κ2) is 6.42. The highest BCUT2D eigenvalue weighted by molar-refractivity contribution is 9.10. The Kier molecular flexibility index (Phi) is 4.34. The number of nitrogens with zero attached hydrogens (tertiary/aromatic N) is 1. The maximum atomic E-state index is 12.6. The van der Waals surface area contributed by atoms with Crippen LogP contribution in [0.4, 0.5) is 11.4 Å². The predicted octanol–water partition coefficient (Wildman–Crippen LogP) is 3.20. The standard InChI is InChI=1S/C17H15BrN2O3/c1-23-14-7-5-12(6-8-14)19-15-10-16(21)20(17(15)22)13-4-2-3-11(18)9-13/h2-9,15,19H,10H2,1H3/t15-/m0/s1. The van der Waals surface area contributed by atoms with E-state index in [2.05, 4.69) is 21.2 Å². The van der Waals surface area contributed by atoms with Gasteiger partial charge < -0.3 is 10.1 Å². The highest BCUT2D eigenvalue weighted by atomic mass is 79.9. The van der Waals surface area contributed by atoms with Crippen LogP contribution in [0, 0.1) is 0 Å². The van der Waals surface area contributed by atoms with E-state index in [0.717, 1.165) is 15.9 Å². The lowest BCUT2D eigenvalue weighted by molar-refractivity contribution is -0.121. The molecule has 1 N–H and O–H groups in total. The minimum Gasteiger partial charge on any atom is -0.497 e. The predicted molar refractivity (Wildman–Crippen MR) is 91.7 cm³/mol. The van der Waals surface area contributed by atoms with Gasteiger partial charge in [0.1, 0.15) is 11.8 Å². The molecule has 1 aliphatic rings. The Hall–Kier alpha value is -2.34. The number of carbonyl (C=O) groups is 2. The Bertz CT molecular complexity index is 746. The number of carbonyl (C=O) groups excluding carboxylic acids is 2. The fourth-order valence-electron chi connectivity index (χ4n) is 2.52. The van der Waals surface area contributed by atoms with E-state index >= 15 is 0 Å². The molecule has 0 bridgehead atoms. The number of ether oxygens (including phenoxy) is 1. The molecule has 1 saturated heterocycles. The first-order valence-electron chi connectivity index (χ1n) is 7.11. The fourth-order valence-corrected chi connectivity index (χ4v) is 2.91. The highest BCUT2D eigenvalue weighted by Gasteiger charge is 2.39. The van der Waals surface area contributed by atoms with Crippen LogP contribution in [0.25, 0.3) is 0 Å². The van der Waals surface area contributed by atoms with Crippen molar-refractivity contribution >= 4 is 39.1 Å². The van der Waals surface area contributed by atoms with Gasteiger partial charge in [0.2, 0.25) is 5.91 Å². The molecular formula is C17H15BrN2O3.